The first kappa shape index (κ1) is 16.4. The molecule has 1 atom stereocenters. The van der Waals surface area contributed by atoms with Gasteiger partial charge in [0, 0.05) is 17.7 Å². The summed E-state index contributed by atoms with van der Waals surface area (Å²) < 4.78 is 0. The summed E-state index contributed by atoms with van der Waals surface area (Å²) in [4.78, 5) is 31.6. The van der Waals surface area contributed by atoms with Crippen LogP contribution in [0.3, 0.4) is 0 Å². The van der Waals surface area contributed by atoms with Crippen molar-refractivity contribution < 1.29 is 4.79 Å². The zero-order valence-corrected chi connectivity index (χ0v) is 14.3. The Balaban J connectivity index is 1.73. The van der Waals surface area contributed by atoms with E-state index in [1.54, 1.807) is 0 Å². The summed E-state index contributed by atoms with van der Waals surface area (Å²) in [6.45, 7) is 5.89. The standard InChI is InChI=1S/C19H23N3O2/c1-19(2,3)18-20-11-15(17(24)22-18)16(23)21-14-9-8-12-6-4-5-7-13(12)10-14/h4-7,11,14H,8-10H2,1-3H3,(H,21,23)(H,20,22,24)/t14-/m0/s1. The lowest BCUT2D eigenvalue weighted by molar-refractivity contribution is 0.0931. The molecular formula is C19H23N3O2. The monoisotopic (exact) mass is 325 g/mol. The van der Waals surface area contributed by atoms with Crippen LogP contribution in [0.25, 0.3) is 0 Å². The van der Waals surface area contributed by atoms with E-state index in [4.69, 9.17) is 0 Å². The number of aromatic nitrogens is 2. The molecule has 0 saturated heterocycles. The fourth-order valence-electron chi connectivity index (χ4n) is 3.02. The molecule has 0 fully saturated rings. The van der Waals surface area contributed by atoms with Gasteiger partial charge in [0.2, 0.25) is 0 Å². The van der Waals surface area contributed by atoms with Crippen LogP contribution in [0.1, 0.15) is 54.5 Å². The Labute approximate surface area is 141 Å². The normalized spacial score (nSPS) is 17.2. The van der Waals surface area contributed by atoms with Gasteiger partial charge in [-0.3, -0.25) is 9.59 Å². The van der Waals surface area contributed by atoms with Gasteiger partial charge in [-0.1, -0.05) is 45.0 Å². The summed E-state index contributed by atoms with van der Waals surface area (Å²) in [6.07, 6.45) is 4.01. The number of hydrogen-bond donors (Lipinski definition) is 2. The van der Waals surface area contributed by atoms with Crippen molar-refractivity contribution in [1.29, 1.82) is 0 Å². The number of nitrogens with one attached hydrogen (secondary N) is 2. The molecule has 1 aromatic carbocycles. The van der Waals surface area contributed by atoms with E-state index < -0.39 is 0 Å². The quantitative estimate of drug-likeness (QED) is 0.890. The Kier molecular flexibility index (Phi) is 4.26. The Morgan fingerprint density at radius 3 is 2.62 bits per heavy atom. The molecule has 5 heteroatoms. The van der Waals surface area contributed by atoms with Crippen molar-refractivity contribution >= 4 is 5.91 Å². The molecule has 0 unspecified atom stereocenters. The number of hydrogen-bond acceptors (Lipinski definition) is 3. The van der Waals surface area contributed by atoms with Crippen molar-refractivity contribution in [3.05, 3.63) is 63.3 Å². The molecule has 1 heterocycles. The van der Waals surface area contributed by atoms with Crippen LogP contribution in [0, 0.1) is 0 Å². The topological polar surface area (TPSA) is 74.8 Å². The van der Waals surface area contributed by atoms with E-state index in [9.17, 15) is 9.59 Å². The Morgan fingerprint density at radius 2 is 1.96 bits per heavy atom. The van der Waals surface area contributed by atoms with E-state index in [1.807, 2.05) is 32.9 Å². The molecule has 1 aliphatic rings. The van der Waals surface area contributed by atoms with Gasteiger partial charge >= 0.3 is 0 Å². The number of H-pyrrole nitrogens is 1. The molecule has 3 rings (SSSR count). The molecule has 0 aliphatic heterocycles. The van der Waals surface area contributed by atoms with E-state index in [-0.39, 0.29) is 28.5 Å². The molecule has 0 radical (unpaired) electrons. The van der Waals surface area contributed by atoms with Crippen LogP contribution in [-0.4, -0.2) is 21.9 Å². The van der Waals surface area contributed by atoms with Crippen LogP contribution in [-0.2, 0) is 18.3 Å². The van der Waals surface area contributed by atoms with Crippen LogP contribution < -0.4 is 10.9 Å². The van der Waals surface area contributed by atoms with E-state index in [0.717, 1.165) is 19.3 Å². The second kappa shape index (κ2) is 6.23. The third-order valence-corrected chi connectivity index (χ3v) is 4.44. The van der Waals surface area contributed by atoms with Crippen LogP contribution in [0.5, 0.6) is 0 Å². The van der Waals surface area contributed by atoms with Crippen molar-refractivity contribution in [1.82, 2.24) is 15.3 Å². The van der Waals surface area contributed by atoms with Gasteiger partial charge in [-0.2, -0.15) is 0 Å². The highest BCUT2D eigenvalue weighted by molar-refractivity contribution is 5.93. The second-order valence-electron chi connectivity index (χ2n) is 7.41. The van der Waals surface area contributed by atoms with E-state index in [0.29, 0.717) is 5.82 Å². The highest BCUT2D eigenvalue weighted by atomic mass is 16.2. The van der Waals surface area contributed by atoms with Gasteiger partial charge in [0.05, 0.1) is 0 Å². The minimum Gasteiger partial charge on any atom is -0.349 e. The number of carbonyl (C=O) groups excluding carboxylic acids is 1. The smallest absolute Gasteiger partial charge is 0.263 e. The number of rotatable bonds is 2. The summed E-state index contributed by atoms with van der Waals surface area (Å²) in [5, 5.41) is 2.98. The predicted molar refractivity (Wildman–Crippen MR) is 93.3 cm³/mol. The summed E-state index contributed by atoms with van der Waals surface area (Å²) in [6, 6.07) is 8.34. The maximum atomic E-state index is 12.4. The van der Waals surface area contributed by atoms with E-state index >= 15 is 0 Å². The average Bonchev–Trinajstić information content (AvgIpc) is 2.53. The zero-order valence-electron chi connectivity index (χ0n) is 14.3. The summed E-state index contributed by atoms with van der Waals surface area (Å²) >= 11 is 0. The summed E-state index contributed by atoms with van der Waals surface area (Å²) in [5.74, 6) is 0.226. The number of amides is 1. The lowest BCUT2D eigenvalue weighted by atomic mass is 9.88. The SMILES string of the molecule is CC(C)(C)c1ncc(C(=O)N[C@H]2CCc3ccccc3C2)c(=O)[nH]1. The molecular weight excluding hydrogens is 302 g/mol. The highest BCUT2D eigenvalue weighted by Gasteiger charge is 2.23. The third kappa shape index (κ3) is 3.40. The van der Waals surface area contributed by atoms with Crippen molar-refractivity contribution in [2.45, 2.75) is 51.5 Å². The van der Waals surface area contributed by atoms with Crippen molar-refractivity contribution in [3.63, 3.8) is 0 Å². The molecule has 126 valence electrons. The van der Waals surface area contributed by atoms with Crippen LogP contribution in [0.2, 0.25) is 0 Å². The molecule has 0 bridgehead atoms. The average molecular weight is 325 g/mol. The van der Waals surface area contributed by atoms with Gasteiger partial charge in [-0.05, 0) is 30.4 Å². The summed E-state index contributed by atoms with van der Waals surface area (Å²) in [7, 11) is 0. The van der Waals surface area contributed by atoms with Gasteiger partial charge in [0.1, 0.15) is 11.4 Å². The second-order valence-corrected chi connectivity index (χ2v) is 7.41. The number of nitrogens with zero attached hydrogens (tertiary/aromatic N) is 1. The largest absolute Gasteiger partial charge is 0.349 e. The Hall–Kier alpha value is -2.43. The molecule has 5 nitrogen and oxygen atoms in total. The number of benzene rings is 1. The molecule has 0 saturated carbocycles. The molecule has 2 aromatic rings. The number of aryl methyl sites for hydroxylation is 1. The molecule has 1 aliphatic carbocycles. The molecule has 2 N–H and O–H groups in total. The molecule has 0 spiro atoms. The lowest BCUT2D eigenvalue weighted by Crippen LogP contribution is -2.41. The van der Waals surface area contributed by atoms with Gasteiger partial charge in [-0.25, -0.2) is 4.98 Å². The third-order valence-electron chi connectivity index (χ3n) is 4.44. The first-order valence-corrected chi connectivity index (χ1v) is 8.32. The molecule has 24 heavy (non-hydrogen) atoms. The minimum atomic E-state index is -0.386. The fourth-order valence-corrected chi connectivity index (χ4v) is 3.02. The maximum absolute atomic E-state index is 12.4. The number of aromatic amines is 1. The Morgan fingerprint density at radius 1 is 1.25 bits per heavy atom. The van der Waals surface area contributed by atoms with Crippen molar-refractivity contribution in [2.75, 3.05) is 0 Å². The lowest BCUT2D eigenvalue weighted by Gasteiger charge is -2.25. The van der Waals surface area contributed by atoms with Crippen molar-refractivity contribution in [2.24, 2.45) is 0 Å². The number of carbonyl (C=O) groups is 1. The number of fused-ring (bicyclic) bond motifs is 1. The van der Waals surface area contributed by atoms with Gasteiger partial charge in [-0.15, -0.1) is 0 Å². The maximum Gasteiger partial charge on any atom is 0.263 e. The van der Waals surface area contributed by atoms with Crippen LogP contribution in [0.4, 0.5) is 0 Å². The zero-order chi connectivity index (χ0) is 17.3. The van der Waals surface area contributed by atoms with Crippen LogP contribution in [0.15, 0.2) is 35.3 Å². The first-order chi connectivity index (χ1) is 11.3. The predicted octanol–water partition coefficient (Wildman–Crippen LogP) is 2.35. The molecule has 1 amide bonds. The van der Waals surface area contributed by atoms with E-state index in [2.05, 4.69) is 27.4 Å². The minimum absolute atomic E-state index is 0.0501. The van der Waals surface area contributed by atoms with Crippen molar-refractivity contribution in [3.8, 4) is 0 Å². The Bertz CT molecular complexity index is 818. The van der Waals surface area contributed by atoms with Gasteiger partial charge < -0.3 is 10.3 Å². The fraction of sp³-hybridized carbons (Fsp3) is 0.421. The first-order valence-electron chi connectivity index (χ1n) is 8.32. The van der Waals surface area contributed by atoms with Gasteiger partial charge in [0.15, 0.2) is 0 Å². The molecule has 1 aromatic heterocycles. The van der Waals surface area contributed by atoms with Crippen LogP contribution >= 0.6 is 0 Å². The summed E-state index contributed by atoms with van der Waals surface area (Å²) in [5.41, 5.74) is 2.04. The highest BCUT2D eigenvalue weighted by Crippen LogP contribution is 2.21. The van der Waals surface area contributed by atoms with Gasteiger partial charge in [0.25, 0.3) is 11.5 Å². The van der Waals surface area contributed by atoms with E-state index in [1.165, 1.54) is 17.3 Å².